The fourth-order valence-corrected chi connectivity index (χ4v) is 1.99. The molecule has 0 fully saturated rings. The molecule has 2 rings (SSSR count). The molecular formula is C14H15BrN4O4. The molecule has 2 aromatic rings. The lowest BCUT2D eigenvalue weighted by atomic mass is 10.3. The summed E-state index contributed by atoms with van der Waals surface area (Å²) in [6.45, 7) is 1.51. The molecule has 0 saturated heterocycles. The number of nitrogens with one attached hydrogen (secondary N) is 1. The van der Waals surface area contributed by atoms with Crippen LogP contribution in [0.4, 0.5) is 0 Å². The van der Waals surface area contributed by atoms with Crippen molar-refractivity contribution in [2.75, 3.05) is 0 Å². The van der Waals surface area contributed by atoms with Crippen LogP contribution in [0.1, 0.15) is 12.6 Å². The van der Waals surface area contributed by atoms with Gasteiger partial charge in [0.2, 0.25) is 0 Å². The second kappa shape index (κ2) is 7.73. The monoisotopic (exact) mass is 382 g/mol. The maximum atomic E-state index is 12.0. The molecule has 2 N–H and O–H groups in total. The summed E-state index contributed by atoms with van der Waals surface area (Å²) in [6, 6.07) is 7.15. The molecular weight excluding hydrogens is 368 g/mol. The zero-order valence-corrected chi connectivity index (χ0v) is 13.9. The number of carbonyl (C=O) groups is 2. The molecule has 23 heavy (non-hydrogen) atoms. The smallest absolute Gasteiger partial charge is 0.325 e. The van der Waals surface area contributed by atoms with Crippen molar-refractivity contribution in [1.82, 2.24) is 20.3 Å². The number of hydrogen-bond acceptors (Lipinski definition) is 5. The first kappa shape index (κ1) is 16.9. The Balaban J connectivity index is 1.82. The number of rotatable bonds is 7. The van der Waals surface area contributed by atoms with E-state index < -0.39 is 12.1 Å². The Labute approximate surface area is 140 Å². The highest BCUT2D eigenvalue weighted by molar-refractivity contribution is 9.10. The van der Waals surface area contributed by atoms with E-state index in [1.165, 1.54) is 10.9 Å². The van der Waals surface area contributed by atoms with Gasteiger partial charge in [-0.3, -0.25) is 9.59 Å². The first-order chi connectivity index (χ1) is 10.9. The zero-order valence-electron chi connectivity index (χ0n) is 12.3. The van der Waals surface area contributed by atoms with Gasteiger partial charge in [0.25, 0.3) is 5.91 Å². The van der Waals surface area contributed by atoms with Crippen molar-refractivity contribution in [3.05, 3.63) is 40.6 Å². The quantitative estimate of drug-likeness (QED) is 0.745. The van der Waals surface area contributed by atoms with E-state index in [1.807, 2.05) is 12.1 Å². The third kappa shape index (κ3) is 5.37. The Bertz CT molecular complexity index is 686. The van der Waals surface area contributed by atoms with Gasteiger partial charge in [-0.2, -0.15) is 0 Å². The lowest BCUT2D eigenvalue weighted by Crippen LogP contribution is -2.36. The van der Waals surface area contributed by atoms with Gasteiger partial charge in [-0.05, 0) is 31.2 Å². The molecule has 0 aliphatic rings. The fraction of sp³-hybridized carbons (Fsp3) is 0.286. The van der Waals surface area contributed by atoms with E-state index in [2.05, 4.69) is 31.6 Å². The van der Waals surface area contributed by atoms with E-state index in [1.54, 1.807) is 19.1 Å². The number of benzene rings is 1. The largest absolute Gasteiger partial charge is 0.481 e. The van der Waals surface area contributed by atoms with E-state index in [-0.39, 0.29) is 19.0 Å². The standard InChI is InChI=1S/C14H15BrN4O4/c1-9(23-12-4-2-10(15)3-5-12)14(22)16-6-11-7-19(18-17-11)8-13(20)21/h2-5,7,9H,6,8H2,1H3,(H,16,22)(H,20,21). The first-order valence-corrected chi connectivity index (χ1v) is 7.54. The maximum absolute atomic E-state index is 12.0. The van der Waals surface area contributed by atoms with Crippen LogP contribution in [0.15, 0.2) is 34.9 Å². The van der Waals surface area contributed by atoms with Crippen molar-refractivity contribution >= 4 is 27.8 Å². The lowest BCUT2D eigenvalue weighted by molar-refractivity contribution is -0.138. The lowest BCUT2D eigenvalue weighted by Gasteiger charge is -2.14. The number of ether oxygens (including phenoxy) is 1. The Morgan fingerprint density at radius 2 is 2.09 bits per heavy atom. The Morgan fingerprint density at radius 1 is 1.39 bits per heavy atom. The predicted octanol–water partition coefficient (Wildman–Crippen LogP) is 1.21. The zero-order chi connectivity index (χ0) is 16.8. The number of aromatic nitrogens is 3. The molecule has 0 aliphatic heterocycles. The van der Waals surface area contributed by atoms with Crippen molar-refractivity contribution in [1.29, 1.82) is 0 Å². The van der Waals surface area contributed by atoms with Gasteiger partial charge in [0.05, 0.1) is 12.7 Å². The van der Waals surface area contributed by atoms with Gasteiger partial charge in [-0.15, -0.1) is 5.10 Å². The summed E-state index contributed by atoms with van der Waals surface area (Å²) < 4.78 is 7.63. The van der Waals surface area contributed by atoms with Gasteiger partial charge in [0.1, 0.15) is 18.0 Å². The first-order valence-electron chi connectivity index (χ1n) is 6.75. The summed E-state index contributed by atoms with van der Waals surface area (Å²) in [4.78, 5) is 22.5. The van der Waals surface area contributed by atoms with Crippen LogP contribution in [0.5, 0.6) is 5.75 Å². The summed E-state index contributed by atoms with van der Waals surface area (Å²) in [5.74, 6) is -0.731. The number of carboxylic acids is 1. The van der Waals surface area contributed by atoms with Gasteiger partial charge in [0.15, 0.2) is 6.10 Å². The van der Waals surface area contributed by atoms with Gasteiger partial charge < -0.3 is 15.2 Å². The number of halogens is 1. The minimum Gasteiger partial charge on any atom is -0.481 e. The molecule has 0 saturated carbocycles. The molecule has 0 bridgehead atoms. The van der Waals surface area contributed by atoms with E-state index in [4.69, 9.17) is 9.84 Å². The SMILES string of the molecule is CC(Oc1ccc(Br)cc1)C(=O)NCc1cn(CC(=O)O)nn1. The minimum atomic E-state index is -1.01. The molecule has 0 radical (unpaired) electrons. The van der Waals surface area contributed by atoms with Gasteiger partial charge in [0, 0.05) is 4.47 Å². The third-order valence-electron chi connectivity index (χ3n) is 2.82. The van der Waals surface area contributed by atoms with Crippen LogP contribution in [0.2, 0.25) is 0 Å². The Kier molecular flexibility index (Phi) is 5.69. The summed E-state index contributed by atoms with van der Waals surface area (Å²) in [7, 11) is 0. The number of carbonyl (C=O) groups excluding carboxylic acids is 1. The van der Waals surface area contributed by atoms with E-state index in [9.17, 15) is 9.59 Å². The number of nitrogens with zero attached hydrogens (tertiary/aromatic N) is 3. The number of carboxylic acid groups (broad SMARTS) is 1. The molecule has 0 aliphatic carbocycles. The van der Waals surface area contributed by atoms with Crippen molar-refractivity contribution in [3.63, 3.8) is 0 Å². The van der Waals surface area contributed by atoms with Crippen LogP contribution >= 0.6 is 15.9 Å². The number of amides is 1. The van der Waals surface area contributed by atoms with Gasteiger partial charge >= 0.3 is 5.97 Å². The molecule has 9 heteroatoms. The molecule has 0 spiro atoms. The van der Waals surface area contributed by atoms with Crippen LogP contribution in [0.3, 0.4) is 0 Å². The highest BCUT2D eigenvalue weighted by Gasteiger charge is 2.15. The van der Waals surface area contributed by atoms with Crippen LogP contribution < -0.4 is 10.1 Å². The second-order valence-electron chi connectivity index (χ2n) is 4.73. The van der Waals surface area contributed by atoms with E-state index >= 15 is 0 Å². The average molecular weight is 383 g/mol. The number of aliphatic carboxylic acids is 1. The highest BCUT2D eigenvalue weighted by Crippen LogP contribution is 2.17. The molecule has 1 amide bonds. The normalized spacial score (nSPS) is 11.7. The summed E-state index contributed by atoms with van der Waals surface area (Å²) >= 11 is 3.32. The van der Waals surface area contributed by atoms with Crippen molar-refractivity contribution in [2.45, 2.75) is 26.1 Å². The Morgan fingerprint density at radius 3 is 2.74 bits per heavy atom. The van der Waals surface area contributed by atoms with Crippen LogP contribution in [0.25, 0.3) is 0 Å². The van der Waals surface area contributed by atoms with Crippen LogP contribution in [0, 0.1) is 0 Å². The molecule has 1 heterocycles. The summed E-state index contributed by atoms with van der Waals surface area (Å²) in [5, 5.41) is 18.7. The molecule has 1 unspecified atom stereocenters. The van der Waals surface area contributed by atoms with Crippen molar-refractivity contribution < 1.29 is 19.4 Å². The van der Waals surface area contributed by atoms with Gasteiger partial charge in [-0.1, -0.05) is 21.1 Å². The molecule has 1 atom stereocenters. The summed E-state index contributed by atoms with van der Waals surface area (Å²) in [5.41, 5.74) is 0.468. The minimum absolute atomic E-state index is 0.145. The molecule has 8 nitrogen and oxygen atoms in total. The van der Waals surface area contributed by atoms with E-state index in [0.29, 0.717) is 11.4 Å². The van der Waals surface area contributed by atoms with Crippen LogP contribution in [-0.4, -0.2) is 38.1 Å². The topological polar surface area (TPSA) is 106 Å². The van der Waals surface area contributed by atoms with E-state index in [0.717, 1.165) is 4.47 Å². The maximum Gasteiger partial charge on any atom is 0.325 e. The second-order valence-corrected chi connectivity index (χ2v) is 5.65. The van der Waals surface area contributed by atoms with Gasteiger partial charge in [-0.25, -0.2) is 4.68 Å². The number of hydrogen-bond donors (Lipinski definition) is 2. The molecule has 122 valence electrons. The van der Waals surface area contributed by atoms with Crippen molar-refractivity contribution in [2.24, 2.45) is 0 Å². The highest BCUT2D eigenvalue weighted by atomic mass is 79.9. The third-order valence-corrected chi connectivity index (χ3v) is 3.35. The Hall–Kier alpha value is -2.42. The summed E-state index contributed by atoms with van der Waals surface area (Å²) in [6.07, 6.45) is 0.791. The fourth-order valence-electron chi connectivity index (χ4n) is 1.73. The average Bonchev–Trinajstić information content (AvgIpc) is 2.93. The predicted molar refractivity (Wildman–Crippen MR) is 83.7 cm³/mol. The molecule has 1 aromatic carbocycles. The van der Waals surface area contributed by atoms with Crippen LogP contribution in [-0.2, 0) is 22.7 Å². The molecule has 1 aromatic heterocycles. The van der Waals surface area contributed by atoms with Crippen molar-refractivity contribution in [3.8, 4) is 5.75 Å².